The predicted molar refractivity (Wildman–Crippen MR) is 236 cm³/mol. The van der Waals surface area contributed by atoms with Crippen LogP contribution in [0, 0.1) is 5.92 Å². The summed E-state index contributed by atoms with van der Waals surface area (Å²) in [6.07, 6.45) is 9.95. The molecule has 3 saturated heterocycles. The number of halogens is 2. The Kier molecular flexibility index (Phi) is 11.1. The molecule has 0 spiro atoms. The molecule has 8 heterocycles. The minimum Gasteiger partial charge on any atom is -0.495 e. The van der Waals surface area contributed by atoms with Crippen LogP contribution < -0.4 is 19.9 Å². The fourth-order valence-corrected chi connectivity index (χ4v) is 10.8. The van der Waals surface area contributed by atoms with E-state index in [9.17, 15) is 14.4 Å². The summed E-state index contributed by atoms with van der Waals surface area (Å²) in [6, 6.07) is 13.9. The average molecular weight is 860 g/mol. The molecule has 15 heteroatoms. The van der Waals surface area contributed by atoms with E-state index in [1.54, 1.807) is 38.7 Å². The number of likely N-dealkylation sites (tertiary alicyclic amines) is 1. The number of benzene rings is 2. The minimum absolute atomic E-state index is 0.0215. The van der Waals surface area contributed by atoms with E-state index < -0.39 is 6.43 Å². The number of aryl methyl sites for hydroxylation is 1. The van der Waals surface area contributed by atoms with Gasteiger partial charge in [-0.15, -0.1) is 0 Å². The number of imidazole rings is 1. The van der Waals surface area contributed by atoms with Crippen LogP contribution in [0.15, 0.2) is 61.1 Å². The number of anilines is 3. The van der Waals surface area contributed by atoms with Gasteiger partial charge < -0.3 is 28.7 Å². The van der Waals surface area contributed by atoms with Crippen molar-refractivity contribution in [3.05, 3.63) is 89.0 Å². The topological polar surface area (TPSA) is 121 Å². The highest BCUT2D eigenvalue weighted by Gasteiger charge is 2.36. The molecule has 5 aromatic rings. The fourth-order valence-electron chi connectivity index (χ4n) is 10.8. The van der Waals surface area contributed by atoms with Crippen molar-refractivity contribution in [2.24, 2.45) is 5.92 Å². The van der Waals surface area contributed by atoms with Crippen molar-refractivity contribution in [3.63, 3.8) is 0 Å². The Hall–Kier alpha value is -5.83. The summed E-state index contributed by atoms with van der Waals surface area (Å²) in [4.78, 5) is 50.2. The van der Waals surface area contributed by atoms with Gasteiger partial charge in [0.1, 0.15) is 11.4 Å². The van der Waals surface area contributed by atoms with Crippen LogP contribution in [0.3, 0.4) is 0 Å². The third kappa shape index (κ3) is 7.93. The van der Waals surface area contributed by atoms with E-state index in [1.165, 1.54) is 5.69 Å². The Balaban J connectivity index is 0.839. The first-order valence-corrected chi connectivity index (χ1v) is 22.6. The Labute approximate surface area is 366 Å². The van der Waals surface area contributed by atoms with Crippen LogP contribution in [0.5, 0.6) is 5.75 Å². The molecular weight excluding hydrogens is 805 g/mol. The predicted octanol–water partition coefficient (Wildman–Crippen LogP) is 7.21. The van der Waals surface area contributed by atoms with E-state index in [2.05, 4.69) is 41.8 Å². The summed E-state index contributed by atoms with van der Waals surface area (Å²) in [5.41, 5.74) is 7.67. The van der Waals surface area contributed by atoms with E-state index in [0.717, 1.165) is 105 Å². The first-order chi connectivity index (χ1) is 30.6. The largest absolute Gasteiger partial charge is 0.495 e. The summed E-state index contributed by atoms with van der Waals surface area (Å²) >= 11 is 0. The normalized spacial score (nSPS) is 20.3. The number of methoxy groups -OCH3 is 1. The van der Waals surface area contributed by atoms with Gasteiger partial charge in [0.2, 0.25) is 17.7 Å². The summed E-state index contributed by atoms with van der Waals surface area (Å²) in [7, 11) is 1.55. The molecular formula is C48H55F2N9O4. The van der Waals surface area contributed by atoms with E-state index in [4.69, 9.17) is 9.84 Å². The summed E-state index contributed by atoms with van der Waals surface area (Å²) in [6.45, 7) is 8.37. The molecule has 1 unspecified atom stereocenters. The lowest BCUT2D eigenvalue weighted by Gasteiger charge is -2.39. The molecule has 10 rings (SSSR count). The molecule has 0 radical (unpaired) electrons. The molecule has 330 valence electrons. The molecule has 3 aromatic heterocycles. The smallest absolute Gasteiger partial charge is 0.264 e. The SMILES string of the molecule is COc1cn2ccnc2cc1-c1cc2c(cc1C(F)F)N(c1nn(C3CCN(CC4CCN(c5ccc(C6CCC(=O)NC6=O)cc5)CC4)CC3)c3c1CN(C(C)=O)CC3)CCC2. The van der Waals surface area contributed by atoms with Crippen molar-refractivity contribution in [3.8, 4) is 16.9 Å². The van der Waals surface area contributed by atoms with Gasteiger partial charge in [0.15, 0.2) is 5.82 Å². The third-order valence-corrected chi connectivity index (χ3v) is 14.3. The second-order valence-corrected chi connectivity index (χ2v) is 18.0. The molecule has 1 atom stereocenters. The van der Waals surface area contributed by atoms with E-state index in [-0.39, 0.29) is 35.2 Å². The van der Waals surface area contributed by atoms with Gasteiger partial charge in [-0.2, -0.15) is 5.10 Å². The zero-order valence-electron chi connectivity index (χ0n) is 36.1. The average Bonchev–Trinajstić information content (AvgIpc) is 3.93. The van der Waals surface area contributed by atoms with Crippen LogP contribution in [-0.2, 0) is 33.8 Å². The highest BCUT2D eigenvalue weighted by atomic mass is 19.3. The number of pyridine rings is 1. The van der Waals surface area contributed by atoms with Crippen molar-refractivity contribution >= 4 is 40.6 Å². The van der Waals surface area contributed by atoms with Gasteiger partial charge in [0, 0.05) is 112 Å². The lowest BCUT2D eigenvalue weighted by Crippen LogP contribution is -2.42. The van der Waals surface area contributed by atoms with Gasteiger partial charge >= 0.3 is 0 Å². The van der Waals surface area contributed by atoms with Crippen molar-refractivity contribution in [1.82, 2.24) is 34.3 Å². The maximum atomic E-state index is 15.1. The number of fused-ring (bicyclic) bond motifs is 3. The number of aromatic nitrogens is 4. The van der Waals surface area contributed by atoms with Crippen LogP contribution in [0.4, 0.5) is 26.0 Å². The van der Waals surface area contributed by atoms with Crippen LogP contribution in [0.2, 0.25) is 0 Å². The van der Waals surface area contributed by atoms with Crippen LogP contribution >= 0.6 is 0 Å². The standard InChI is InChI=1S/C48H55F2N9O4/c1-30(60)56-22-15-41-40(28-56)47(58-17-3-4-33-24-37(39(46(49)50)25-42(33)58)38-26-44-51-16-23-57(44)29-43(38)63-2)53-59(41)35-13-18-54(19-14-35)27-31-11-20-55(21-12-31)34-7-5-32(6-8-34)36-9-10-45(61)52-48(36)62/h5-8,16,23-26,29,31,35-36,46H,3-4,9-15,17-22,27-28H2,1-2H3,(H,52,61,62). The number of carbonyl (C=O) groups excluding carboxylic acids is 3. The third-order valence-electron chi connectivity index (χ3n) is 14.3. The molecule has 0 saturated carbocycles. The fraction of sp³-hybridized carbons (Fsp3) is 0.479. The number of alkyl halides is 2. The van der Waals surface area contributed by atoms with Gasteiger partial charge in [-0.25, -0.2) is 13.8 Å². The Morgan fingerprint density at radius 2 is 1.71 bits per heavy atom. The van der Waals surface area contributed by atoms with Gasteiger partial charge in [-0.3, -0.25) is 24.4 Å². The van der Waals surface area contributed by atoms with Crippen LogP contribution in [0.25, 0.3) is 16.8 Å². The van der Waals surface area contributed by atoms with Gasteiger partial charge in [0.05, 0.1) is 31.8 Å². The van der Waals surface area contributed by atoms with E-state index >= 15 is 8.78 Å². The molecule has 1 N–H and O–H groups in total. The van der Waals surface area contributed by atoms with Crippen LogP contribution in [0.1, 0.15) is 98.2 Å². The van der Waals surface area contributed by atoms with Gasteiger partial charge in [-0.05, 0) is 97.9 Å². The molecule has 5 aliphatic rings. The summed E-state index contributed by atoms with van der Waals surface area (Å²) in [5, 5.41) is 7.86. The second-order valence-electron chi connectivity index (χ2n) is 18.0. The Bertz CT molecular complexity index is 2540. The number of nitrogens with zero attached hydrogens (tertiary/aromatic N) is 8. The first kappa shape index (κ1) is 41.2. The number of hydrogen-bond acceptors (Lipinski definition) is 9. The van der Waals surface area contributed by atoms with Crippen molar-refractivity contribution in [2.45, 2.75) is 89.6 Å². The van der Waals surface area contributed by atoms with Crippen molar-refractivity contribution in [1.29, 1.82) is 0 Å². The van der Waals surface area contributed by atoms with E-state index in [1.807, 2.05) is 33.6 Å². The van der Waals surface area contributed by atoms with Gasteiger partial charge in [-0.1, -0.05) is 12.1 Å². The second kappa shape index (κ2) is 17.0. The highest BCUT2D eigenvalue weighted by Crippen LogP contribution is 2.45. The van der Waals surface area contributed by atoms with Crippen LogP contribution in [-0.4, -0.2) is 99.6 Å². The lowest BCUT2D eigenvalue weighted by atomic mass is 9.90. The Morgan fingerprint density at radius 3 is 2.44 bits per heavy atom. The minimum atomic E-state index is -2.72. The lowest BCUT2D eigenvalue weighted by molar-refractivity contribution is -0.134. The number of nitrogens with one attached hydrogen (secondary N) is 1. The number of imide groups is 1. The molecule has 13 nitrogen and oxygen atoms in total. The molecule has 5 aliphatic heterocycles. The van der Waals surface area contributed by atoms with Gasteiger partial charge in [0.25, 0.3) is 6.43 Å². The molecule has 0 bridgehead atoms. The summed E-state index contributed by atoms with van der Waals surface area (Å²) in [5.74, 6) is 1.26. The first-order valence-electron chi connectivity index (χ1n) is 22.6. The maximum absolute atomic E-state index is 15.1. The number of ether oxygens (including phenoxy) is 1. The molecule has 2 aromatic carbocycles. The van der Waals surface area contributed by atoms with E-state index in [0.29, 0.717) is 67.3 Å². The maximum Gasteiger partial charge on any atom is 0.264 e. The monoisotopic (exact) mass is 859 g/mol. The number of rotatable bonds is 9. The molecule has 63 heavy (non-hydrogen) atoms. The van der Waals surface area contributed by atoms with Crippen molar-refractivity contribution in [2.75, 3.05) is 62.7 Å². The number of carbonyl (C=O) groups is 3. The molecule has 3 fully saturated rings. The Morgan fingerprint density at radius 1 is 0.921 bits per heavy atom. The van der Waals surface area contributed by atoms with Crippen molar-refractivity contribution < 1.29 is 27.9 Å². The number of piperidine rings is 3. The summed E-state index contributed by atoms with van der Waals surface area (Å²) < 4.78 is 40.1. The number of amides is 3. The highest BCUT2D eigenvalue weighted by molar-refractivity contribution is 6.01. The number of hydrogen-bond donors (Lipinski definition) is 1. The zero-order valence-corrected chi connectivity index (χ0v) is 36.1. The molecule has 0 aliphatic carbocycles. The quantitative estimate of drug-likeness (QED) is 0.154. The molecule has 3 amide bonds. The zero-order chi connectivity index (χ0) is 43.4.